The number of hydrogen-bond donors (Lipinski definition) is 4. The fourth-order valence-corrected chi connectivity index (χ4v) is 4.31. The topological polar surface area (TPSA) is 99.2 Å². The summed E-state index contributed by atoms with van der Waals surface area (Å²) in [5.41, 5.74) is 7.19. The first-order chi connectivity index (χ1) is 17.3. The normalized spacial score (nSPS) is 11.4. The second kappa shape index (κ2) is 11.2. The summed E-state index contributed by atoms with van der Waals surface area (Å²) in [6.45, 7) is 8.50. The quantitative estimate of drug-likeness (QED) is 0.164. The Kier molecular flexibility index (Phi) is 7.80. The number of guanidine groups is 1. The third-order valence-corrected chi connectivity index (χ3v) is 5.75. The molecule has 4 rings (SSSR count). The number of hydrogen-bond acceptors (Lipinski definition) is 5. The molecule has 4 aromatic rings. The van der Waals surface area contributed by atoms with Crippen LogP contribution in [0.25, 0.3) is 10.9 Å². The molecule has 36 heavy (non-hydrogen) atoms. The maximum Gasteiger partial charge on any atom is 0.229 e. The van der Waals surface area contributed by atoms with E-state index in [9.17, 15) is 0 Å². The van der Waals surface area contributed by atoms with Crippen LogP contribution in [-0.2, 0) is 6.42 Å². The molecule has 186 valence electrons. The Morgan fingerprint density at radius 1 is 0.972 bits per heavy atom. The van der Waals surface area contributed by atoms with Crippen molar-refractivity contribution in [3.8, 4) is 5.75 Å². The number of rotatable bonds is 6. The van der Waals surface area contributed by atoms with Crippen molar-refractivity contribution in [3.05, 3.63) is 76.7 Å². The Morgan fingerprint density at radius 2 is 1.69 bits per heavy atom. The molecule has 0 saturated carbocycles. The maximum atomic E-state index is 5.58. The van der Waals surface area contributed by atoms with Crippen molar-refractivity contribution >= 4 is 45.8 Å². The highest BCUT2D eigenvalue weighted by molar-refractivity contribution is 7.80. The van der Waals surface area contributed by atoms with E-state index in [0.717, 1.165) is 56.8 Å². The van der Waals surface area contributed by atoms with Crippen molar-refractivity contribution < 1.29 is 4.74 Å². The molecule has 0 atom stereocenters. The van der Waals surface area contributed by atoms with E-state index in [1.165, 1.54) is 0 Å². The lowest BCUT2D eigenvalue weighted by atomic mass is 10.1. The van der Waals surface area contributed by atoms with Crippen LogP contribution in [0.4, 0.5) is 11.6 Å². The summed E-state index contributed by atoms with van der Waals surface area (Å²) < 4.78 is 5.39. The Hall–Kier alpha value is -3.98. The van der Waals surface area contributed by atoms with Gasteiger partial charge in [-0.3, -0.25) is 10.3 Å². The van der Waals surface area contributed by atoms with E-state index in [-0.39, 0.29) is 0 Å². The third kappa shape index (κ3) is 6.57. The molecule has 0 aliphatic heterocycles. The van der Waals surface area contributed by atoms with Crippen molar-refractivity contribution in [3.63, 3.8) is 0 Å². The molecular weight excluding hydrogens is 470 g/mol. The summed E-state index contributed by atoms with van der Waals surface area (Å²) in [5, 5.41) is 11.2. The summed E-state index contributed by atoms with van der Waals surface area (Å²) in [7, 11) is 1.67. The van der Waals surface area contributed by atoms with Crippen LogP contribution in [0.2, 0.25) is 0 Å². The van der Waals surface area contributed by atoms with E-state index < -0.39 is 0 Å². The lowest BCUT2D eigenvalue weighted by Gasteiger charge is -2.15. The summed E-state index contributed by atoms with van der Waals surface area (Å²) in [4.78, 5) is 17.0. The highest BCUT2D eigenvalue weighted by Gasteiger charge is 2.09. The smallest absolute Gasteiger partial charge is 0.229 e. The van der Waals surface area contributed by atoms with Crippen LogP contribution in [-0.4, -0.2) is 39.7 Å². The molecular formula is C27H31N7OS. The first-order valence-electron chi connectivity index (χ1n) is 11.7. The SMILES string of the molecule is COc1ccc2[nH]cc(CCN=C(NC(=S)Nc3cc(C)cc(C)c3)Nc3nc(C)cc(C)n3)c2c1. The van der Waals surface area contributed by atoms with E-state index in [0.29, 0.717) is 23.6 Å². The van der Waals surface area contributed by atoms with Gasteiger partial charge in [0.25, 0.3) is 0 Å². The predicted octanol–water partition coefficient (Wildman–Crippen LogP) is 5.20. The number of thiocarbonyl (C=S) groups is 1. The largest absolute Gasteiger partial charge is 0.497 e. The van der Waals surface area contributed by atoms with Gasteiger partial charge >= 0.3 is 0 Å². The molecule has 8 nitrogen and oxygen atoms in total. The molecule has 0 radical (unpaired) electrons. The molecule has 9 heteroatoms. The number of anilines is 2. The van der Waals surface area contributed by atoms with Gasteiger partial charge in [-0.25, -0.2) is 9.97 Å². The van der Waals surface area contributed by atoms with Gasteiger partial charge in [-0.15, -0.1) is 0 Å². The van der Waals surface area contributed by atoms with E-state index in [4.69, 9.17) is 21.9 Å². The number of nitrogens with one attached hydrogen (secondary N) is 4. The molecule has 2 heterocycles. The van der Waals surface area contributed by atoms with Gasteiger partial charge < -0.3 is 20.4 Å². The summed E-state index contributed by atoms with van der Waals surface area (Å²) in [5.74, 6) is 1.76. The number of benzene rings is 2. The minimum atomic E-state index is 0.424. The standard InChI is InChI=1S/C27H31N7OS/c1-16-10-17(2)12-21(11-16)32-27(36)34-25(33-26-30-18(3)13-19(4)31-26)28-9-8-20-15-29-24-7-6-22(35-5)14-23(20)24/h6-7,10-15,29H,8-9H2,1-5H3,(H3,28,30,31,32,33,34,36). The third-order valence-electron chi connectivity index (χ3n) is 5.55. The van der Waals surface area contributed by atoms with Crippen molar-refractivity contribution in [2.75, 3.05) is 24.3 Å². The monoisotopic (exact) mass is 501 g/mol. The minimum absolute atomic E-state index is 0.424. The molecule has 2 aromatic carbocycles. The summed E-state index contributed by atoms with van der Waals surface area (Å²) >= 11 is 5.58. The fourth-order valence-electron chi connectivity index (χ4n) is 4.09. The number of methoxy groups -OCH3 is 1. The first-order valence-corrected chi connectivity index (χ1v) is 12.1. The number of aromatic nitrogens is 3. The molecule has 2 aromatic heterocycles. The molecule has 0 bridgehead atoms. The average molecular weight is 502 g/mol. The number of nitrogens with zero attached hydrogens (tertiary/aromatic N) is 3. The lowest BCUT2D eigenvalue weighted by molar-refractivity contribution is 0.415. The predicted molar refractivity (Wildman–Crippen MR) is 151 cm³/mol. The number of aromatic amines is 1. The maximum absolute atomic E-state index is 5.58. The fraction of sp³-hybridized carbons (Fsp3) is 0.259. The highest BCUT2D eigenvalue weighted by atomic mass is 32.1. The summed E-state index contributed by atoms with van der Waals surface area (Å²) in [6.07, 6.45) is 2.74. The van der Waals surface area contributed by atoms with Gasteiger partial charge in [-0.1, -0.05) is 6.07 Å². The lowest BCUT2D eigenvalue weighted by Crippen LogP contribution is -2.39. The van der Waals surface area contributed by atoms with Crippen molar-refractivity contribution in [1.82, 2.24) is 20.3 Å². The number of aryl methyl sites for hydroxylation is 4. The van der Waals surface area contributed by atoms with Crippen molar-refractivity contribution in [2.24, 2.45) is 4.99 Å². The highest BCUT2D eigenvalue weighted by Crippen LogP contribution is 2.24. The van der Waals surface area contributed by atoms with Crippen molar-refractivity contribution in [2.45, 2.75) is 34.1 Å². The van der Waals surface area contributed by atoms with Gasteiger partial charge in [0.1, 0.15) is 5.75 Å². The van der Waals surface area contributed by atoms with Crippen LogP contribution in [0.5, 0.6) is 5.75 Å². The summed E-state index contributed by atoms with van der Waals surface area (Å²) in [6, 6.07) is 14.1. The number of aliphatic imine (C=N–C) groups is 1. The molecule has 0 aliphatic rings. The molecule has 0 saturated heterocycles. The van der Waals surface area contributed by atoms with Gasteiger partial charge in [-0.2, -0.15) is 0 Å². The van der Waals surface area contributed by atoms with Gasteiger partial charge in [-0.05, 0) is 99.4 Å². The van der Waals surface area contributed by atoms with Crippen LogP contribution in [0.1, 0.15) is 28.1 Å². The van der Waals surface area contributed by atoms with E-state index in [1.54, 1.807) is 7.11 Å². The zero-order chi connectivity index (χ0) is 25.7. The van der Waals surface area contributed by atoms with Gasteiger partial charge in [0.15, 0.2) is 5.11 Å². The van der Waals surface area contributed by atoms with Crippen LogP contribution < -0.4 is 20.7 Å². The minimum Gasteiger partial charge on any atom is -0.497 e. The Bertz CT molecular complexity index is 1390. The molecule has 4 N–H and O–H groups in total. The van der Waals surface area contributed by atoms with Crippen LogP contribution in [0.3, 0.4) is 0 Å². The number of ether oxygens (including phenoxy) is 1. The van der Waals surface area contributed by atoms with Crippen LogP contribution in [0, 0.1) is 27.7 Å². The second-order valence-electron chi connectivity index (χ2n) is 8.76. The number of H-pyrrole nitrogens is 1. The van der Waals surface area contributed by atoms with Gasteiger partial charge in [0, 0.05) is 40.7 Å². The Balaban J connectivity index is 1.52. The zero-order valence-electron chi connectivity index (χ0n) is 21.2. The van der Waals surface area contributed by atoms with Crippen LogP contribution >= 0.6 is 12.2 Å². The van der Waals surface area contributed by atoms with Gasteiger partial charge in [0.2, 0.25) is 11.9 Å². The molecule has 0 amide bonds. The second-order valence-corrected chi connectivity index (χ2v) is 9.17. The average Bonchev–Trinajstić information content (AvgIpc) is 3.19. The Morgan fingerprint density at radius 3 is 2.39 bits per heavy atom. The number of fused-ring (bicyclic) bond motifs is 1. The van der Waals surface area contributed by atoms with E-state index >= 15 is 0 Å². The Labute approximate surface area is 216 Å². The zero-order valence-corrected chi connectivity index (χ0v) is 22.0. The van der Waals surface area contributed by atoms with Crippen LogP contribution in [0.15, 0.2) is 53.7 Å². The molecule has 0 fully saturated rings. The van der Waals surface area contributed by atoms with Crippen molar-refractivity contribution in [1.29, 1.82) is 0 Å². The molecule has 0 aliphatic carbocycles. The first kappa shape index (κ1) is 25.1. The van der Waals surface area contributed by atoms with E-state index in [1.807, 2.05) is 56.4 Å². The molecule has 0 spiro atoms. The van der Waals surface area contributed by atoms with Gasteiger partial charge in [0.05, 0.1) is 7.11 Å². The van der Waals surface area contributed by atoms with E-state index in [2.05, 4.69) is 50.8 Å². The molecule has 0 unspecified atom stereocenters.